The van der Waals surface area contributed by atoms with Crippen molar-refractivity contribution >= 4 is 28.8 Å². The van der Waals surface area contributed by atoms with Crippen LogP contribution >= 0.6 is 22.9 Å². The molecule has 1 N–H and O–H groups in total. The standard InChI is InChI=1S/C10H9ClN4O2S/c1-17-8-6(3-2-4-12-8)5-13-7(16)9-14-15-10(11)18-9/h2-4H,5H2,1H3,(H,13,16). The highest BCUT2D eigenvalue weighted by Gasteiger charge is 2.12. The van der Waals surface area contributed by atoms with Gasteiger partial charge in [-0.3, -0.25) is 4.79 Å². The predicted octanol–water partition coefficient (Wildman–Crippen LogP) is 1.53. The quantitative estimate of drug-likeness (QED) is 0.921. The lowest BCUT2D eigenvalue weighted by molar-refractivity contribution is 0.0949. The largest absolute Gasteiger partial charge is 0.481 e. The number of halogens is 1. The number of aromatic nitrogens is 3. The molecule has 0 unspecified atom stereocenters. The minimum atomic E-state index is -0.328. The Balaban J connectivity index is 2.01. The van der Waals surface area contributed by atoms with Crippen molar-refractivity contribution in [2.75, 3.05) is 7.11 Å². The fraction of sp³-hybridized carbons (Fsp3) is 0.200. The van der Waals surface area contributed by atoms with Crippen LogP contribution < -0.4 is 10.1 Å². The summed E-state index contributed by atoms with van der Waals surface area (Å²) in [6.07, 6.45) is 1.62. The average molecular weight is 285 g/mol. The first kappa shape index (κ1) is 12.7. The molecule has 0 aliphatic carbocycles. The maximum atomic E-state index is 11.7. The molecule has 8 heteroatoms. The molecule has 0 saturated carbocycles. The first-order chi connectivity index (χ1) is 8.70. The molecule has 6 nitrogen and oxygen atoms in total. The summed E-state index contributed by atoms with van der Waals surface area (Å²) < 4.78 is 5.31. The summed E-state index contributed by atoms with van der Waals surface area (Å²) in [4.78, 5) is 15.7. The summed E-state index contributed by atoms with van der Waals surface area (Å²) in [7, 11) is 1.53. The molecule has 0 aliphatic rings. The summed E-state index contributed by atoms with van der Waals surface area (Å²) >= 11 is 6.63. The number of rotatable bonds is 4. The van der Waals surface area contributed by atoms with E-state index in [1.807, 2.05) is 6.07 Å². The molecule has 0 atom stereocenters. The first-order valence-electron chi connectivity index (χ1n) is 4.96. The molecule has 1 amide bonds. The first-order valence-corrected chi connectivity index (χ1v) is 6.15. The van der Waals surface area contributed by atoms with Crippen molar-refractivity contribution in [2.45, 2.75) is 6.54 Å². The van der Waals surface area contributed by atoms with Crippen molar-refractivity contribution in [1.29, 1.82) is 0 Å². The fourth-order valence-electron chi connectivity index (χ4n) is 1.29. The third kappa shape index (κ3) is 2.93. The number of pyridine rings is 1. The van der Waals surface area contributed by atoms with Crippen molar-refractivity contribution in [3.63, 3.8) is 0 Å². The second-order valence-electron chi connectivity index (χ2n) is 3.21. The summed E-state index contributed by atoms with van der Waals surface area (Å²) in [6, 6.07) is 3.59. The molecule has 0 fully saturated rings. The van der Waals surface area contributed by atoms with Gasteiger partial charge < -0.3 is 10.1 Å². The maximum Gasteiger partial charge on any atom is 0.282 e. The third-order valence-corrected chi connectivity index (χ3v) is 3.09. The van der Waals surface area contributed by atoms with E-state index in [1.54, 1.807) is 12.3 Å². The van der Waals surface area contributed by atoms with Crippen LogP contribution in [0.1, 0.15) is 15.4 Å². The van der Waals surface area contributed by atoms with Gasteiger partial charge >= 0.3 is 0 Å². The van der Waals surface area contributed by atoms with Crippen LogP contribution in [0.3, 0.4) is 0 Å². The molecule has 0 aliphatic heterocycles. The smallest absolute Gasteiger partial charge is 0.282 e. The van der Waals surface area contributed by atoms with Gasteiger partial charge in [-0.05, 0) is 17.7 Å². The van der Waals surface area contributed by atoms with Crippen LogP contribution in [0.2, 0.25) is 4.47 Å². The lowest BCUT2D eigenvalue weighted by Crippen LogP contribution is -2.23. The molecule has 94 valence electrons. The minimum absolute atomic E-state index is 0.225. The zero-order valence-corrected chi connectivity index (χ0v) is 11.0. The zero-order valence-electron chi connectivity index (χ0n) is 9.38. The van der Waals surface area contributed by atoms with Gasteiger partial charge in [0.1, 0.15) is 0 Å². The second kappa shape index (κ2) is 5.74. The van der Waals surface area contributed by atoms with E-state index in [0.717, 1.165) is 16.9 Å². The molecule has 0 radical (unpaired) electrons. The summed E-state index contributed by atoms with van der Waals surface area (Å²) in [5.74, 6) is 0.151. The van der Waals surface area contributed by atoms with E-state index in [2.05, 4.69) is 20.5 Å². The second-order valence-corrected chi connectivity index (χ2v) is 4.77. The Labute approximate surface area is 112 Å². The number of hydrogen-bond acceptors (Lipinski definition) is 6. The van der Waals surface area contributed by atoms with Gasteiger partial charge in [0.05, 0.1) is 7.11 Å². The Morgan fingerprint density at radius 3 is 3.06 bits per heavy atom. The van der Waals surface area contributed by atoms with Crippen LogP contribution in [0.25, 0.3) is 0 Å². The zero-order chi connectivity index (χ0) is 13.0. The van der Waals surface area contributed by atoms with E-state index < -0.39 is 0 Å². The topological polar surface area (TPSA) is 77.0 Å². The molecule has 0 spiro atoms. The third-order valence-electron chi connectivity index (χ3n) is 2.08. The summed E-state index contributed by atoms with van der Waals surface area (Å²) in [6.45, 7) is 0.299. The van der Waals surface area contributed by atoms with Crippen molar-refractivity contribution in [2.24, 2.45) is 0 Å². The highest BCUT2D eigenvalue weighted by atomic mass is 35.5. The van der Waals surface area contributed by atoms with Gasteiger partial charge in [-0.25, -0.2) is 4.98 Å². The average Bonchev–Trinajstić information content (AvgIpc) is 2.83. The predicted molar refractivity (Wildman–Crippen MR) is 66.9 cm³/mol. The van der Waals surface area contributed by atoms with Crippen molar-refractivity contribution in [3.8, 4) is 5.88 Å². The number of nitrogens with one attached hydrogen (secondary N) is 1. The Morgan fingerprint density at radius 1 is 1.56 bits per heavy atom. The Bertz CT molecular complexity index is 560. The minimum Gasteiger partial charge on any atom is -0.481 e. The van der Waals surface area contributed by atoms with Crippen LogP contribution in [-0.4, -0.2) is 28.2 Å². The van der Waals surface area contributed by atoms with Crippen molar-refractivity contribution in [3.05, 3.63) is 33.4 Å². The van der Waals surface area contributed by atoms with Gasteiger partial charge in [-0.15, -0.1) is 10.2 Å². The highest BCUT2D eigenvalue weighted by molar-refractivity contribution is 7.17. The normalized spacial score (nSPS) is 10.1. The summed E-state index contributed by atoms with van der Waals surface area (Å²) in [5, 5.41) is 10.1. The molecule has 0 aromatic carbocycles. The van der Waals surface area contributed by atoms with E-state index in [1.165, 1.54) is 7.11 Å². The number of carbonyl (C=O) groups is 1. The number of carbonyl (C=O) groups excluding carboxylic acids is 1. The van der Waals surface area contributed by atoms with Gasteiger partial charge in [-0.2, -0.15) is 0 Å². The van der Waals surface area contributed by atoms with Crippen molar-refractivity contribution in [1.82, 2.24) is 20.5 Å². The molecule has 2 aromatic heterocycles. The molecular formula is C10H9ClN4O2S. The van der Waals surface area contributed by atoms with Gasteiger partial charge in [0.2, 0.25) is 15.4 Å². The monoisotopic (exact) mass is 284 g/mol. The van der Waals surface area contributed by atoms with E-state index in [-0.39, 0.29) is 15.4 Å². The molecule has 0 saturated heterocycles. The van der Waals surface area contributed by atoms with E-state index >= 15 is 0 Å². The lowest BCUT2D eigenvalue weighted by Gasteiger charge is -2.06. The van der Waals surface area contributed by atoms with Gasteiger partial charge in [0.25, 0.3) is 5.91 Å². The Kier molecular flexibility index (Phi) is 4.06. The molecule has 2 rings (SSSR count). The van der Waals surface area contributed by atoms with Crippen LogP contribution in [-0.2, 0) is 6.54 Å². The van der Waals surface area contributed by atoms with Crippen LogP contribution in [0, 0.1) is 0 Å². The van der Waals surface area contributed by atoms with Gasteiger partial charge in [0.15, 0.2) is 0 Å². The molecule has 0 bridgehead atoms. The number of amides is 1. The van der Waals surface area contributed by atoms with E-state index in [0.29, 0.717) is 12.4 Å². The van der Waals surface area contributed by atoms with Crippen LogP contribution in [0.4, 0.5) is 0 Å². The number of methoxy groups -OCH3 is 1. The highest BCUT2D eigenvalue weighted by Crippen LogP contribution is 2.16. The van der Waals surface area contributed by atoms with Crippen LogP contribution in [0.5, 0.6) is 5.88 Å². The van der Waals surface area contributed by atoms with E-state index in [9.17, 15) is 4.79 Å². The number of hydrogen-bond donors (Lipinski definition) is 1. The fourth-order valence-corrected chi connectivity index (χ4v) is 2.04. The molecule has 2 heterocycles. The Morgan fingerprint density at radius 2 is 2.39 bits per heavy atom. The van der Waals surface area contributed by atoms with Crippen molar-refractivity contribution < 1.29 is 9.53 Å². The SMILES string of the molecule is COc1ncccc1CNC(=O)c1nnc(Cl)s1. The van der Waals surface area contributed by atoms with Crippen LogP contribution in [0.15, 0.2) is 18.3 Å². The summed E-state index contributed by atoms with van der Waals surface area (Å²) in [5.41, 5.74) is 0.781. The molecule has 2 aromatic rings. The molecule has 18 heavy (non-hydrogen) atoms. The van der Waals surface area contributed by atoms with E-state index in [4.69, 9.17) is 16.3 Å². The van der Waals surface area contributed by atoms with Gasteiger partial charge in [-0.1, -0.05) is 17.4 Å². The molecular weight excluding hydrogens is 276 g/mol. The Hall–Kier alpha value is -1.73. The number of ether oxygens (including phenoxy) is 1. The van der Waals surface area contributed by atoms with Gasteiger partial charge in [0, 0.05) is 18.3 Å². The lowest BCUT2D eigenvalue weighted by atomic mass is 10.2. The maximum absolute atomic E-state index is 11.7. The number of nitrogens with zero attached hydrogens (tertiary/aromatic N) is 3.